The van der Waals surface area contributed by atoms with Gasteiger partial charge >= 0.3 is 0 Å². The van der Waals surface area contributed by atoms with E-state index in [0.717, 1.165) is 25.9 Å². The number of hydrogen-bond acceptors (Lipinski definition) is 3. The zero-order valence-electron chi connectivity index (χ0n) is 11.7. The molecule has 1 fully saturated rings. The van der Waals surface area contributed by atoms with Gasteiger partial charge in [0.2, 0.25) is 5.91 Å². The molecule has 116 valence electrons. The molecule has 1 saturated heterocycles. The van der Waals surface area contributed by atoms with Crippen molar-refractivity contribution in [1.82, 2.24) is 0 Å². The predicted octanol–water partition coefficient (Wildman–Crippen LogP) is -0.106. The van der Waals surface area contributed by atoms with Gasteiger partial charge in [-0.15, -0.1) is 0 Å². The highest BCUT2D eigenvalue weighted by molar-refractivity contribution is 7.91. The summed E-state index contributed by atoms with van der Waals surface area (Å²) in [4.78, 5) is 12.6. The second kappa shape index (κ2) is 6.77. The lowest BCUT2D eigenvalue weighted by Gasteiger charge is -2.27. The van der Waals surface area contributed by atoms with Crippen LogP contribution in [-0.2, 0) is 14.6 Å². The van der Waals surface area contributed by atoms with E-state index >= 15 is 0 Å². The third-order valence-electron chi connectivity index (χ3n) is 3.99. The predicted molar refractivity (Wildman–Crippen MR) is 81.0 cm³/mol. The van der Waals surface area contributed by atoms with Crippen LogP contribution in [0, 0.1) is 5.92 Å². The highest BCUT2D eigenvalue weighted by Gasteiger charge is 2.27. The molecular formula is C14H20ClN2O3S+. The van der Waals surface area contributed by atoms with Gasteiger partial charge in [0.15, 0.2) is 9.84 Å². The van der Waals surface area contributed by atoms with Crippen LogP contribution < -0.4 is 10.6 Å². The van der Waals surface area contributed by atoms with Gasteiger partial charge in [-0.2, -0.15) is 0 Å². The van der Waals surface area contributed by atoms with E-state index < -0.39 is 9.84 Å². The summed E-state index contributed by atoms with van der Waals surface area (Å²) >= 11 is 5.76. The molecule has 0 radical (unpaired) electrons. The molecule has 0 saturated carbocycles. The Bertz CT molecular complexity index is 593. The van der Waals surface area contributed by atoms with Crippen LogP contribution in [0.2, 0.25) is 5.02 Å². The number of hydrogen-bond donors (Lipinski definition) is 2. The molecule has 1 amide bonds. The van der Waals surface area contributed by atoms with Gasteiger partial charge in [-0.25, -0.2) is 8.42 Å². The molecule has 0 unspecified atom stereocenters. The van der Waals surface area contributed by atoms with Crippen LogP contribution in [0.15, 0.2) is 29.2 Å². The van der Waals surface area contributed by atoms with E-state index in [-0.39, 0.29) is 17.6 Å². The molecule has 2 rings (SSSR count). The third-order valence-corrected chi connectivity index (χ3v) is 5.98. The fraction of sp³-hybridized carbons (Fsp3) is 0.500. The Hall–Kier alpha value is -1.11. The average molecular weight is 332 g/mol. The van der Waals surface area contributed by atoms with Gasteiger partial charge in [0, 0.05) is 23.8 Å². The molecule has 1 aliphatic rings. The minimum atomic E-state index is -3.28. The van der Waals surface area contributed by atoms with E-state index in [9.17, 15) is 13.2 Å². The number of piperidine rings is 1. The molecule has 1 aromatic rings. The largest absolute Gasteiger partial charge is 0.369 e. The number of quaternary nitrogens is 1. The number of benzene rings is 1. The van der Waals surface area contributed by atoms with Crippen LogP contribution in [0.3, 0.4) is 0 Å². The molecule has 1 aliphatic heterocycles. The lowest BCUT2D eigenvalue weighted by molar-refractivity contribution is -0.903. The summed E-state index contributed by atoms with van der Waals surface area (Å²) in [7, 11) is -3.28. The Morgan fingerprint density at radius 2 is 1.81 bits per heavy atom. The number of likely N-dealkylation sites (tertiary alicyclic amines) is 1. The van der Waals surface area contributed by atoms with Crippen LogP contribution in [-0.4, -0.2) is 39.7 Å². The summed E-state index contributed by atoms with van der Waals surface area (Å²) in [6.45, 7) is 2.14. The van der Waals surface area contributed by atoms with Crippen LogP contribution in [0.25, 0.3) is 0 Å². The quantitative estimate of drug-likeness (QED) is 0.790. The molecule has 0 bridgehead atoms. The van der Waals surface area contributed by atoms with E-state index in [2.05, 4.69) is 0 Å². The smallest absolute Gasteiger partial charge is 0.220 e. The standard InChI is InChI=1S/C14H19ClN2O3S/c15-12-1-3-13(4-2-12)21(19,20)10-9-17-7-5-11(6-8-17)14(16)18/h1-4,11H,5-10H2,(H2,16,18)/p+1. The molecule has 21 heavy (non-hydrogen) atoms. The van der Waals surface area contributed by atoms with Crippen molar-refractivity contribution < 1.29 is 18.1 Å². The van der Waals surface area contributed by atoms with E-state index in [1.54, 1.807) is 12.1 Å². The SMILES string of the molecule is NC(=O)C1CC[NH+](CCS(=O)(=O)c2ccc(Cl)cc2)CC1. The Kier molecular flexibility index (Phi) is 5.24. The number of carbonyl (C=O) groups is 1. The van der Waals surface area contributed by atoms with Crippen LogP contribution in [0.4, 0.5) is 0 Å². The molecule has 0 spiro atoms. The number of rotatable bonds is 5. The average Bonchev–Trinajstić information content (AvgIpc) is 2.46. The van der Waals surface area contributed by atoms with E-state index in [1.165, 1.54) is 17.0 Å². The monoisotopic (exact) mass is 331 g/mol. The Morgan fingerprint density at radius 3 is 2.33 bits per heavy atom. The molecule has 7 heteroatoms. The second-order valence-corrected chi connectivity index (χ2v) is 8.00. The lowest BCUT2D eigenvalue weighted by atomic mass is 9.96. The van der Waals surface area contributed by atoms with Gasteiger partial charge in [0.25, 0.3) is 0 Å². The molecular weight excluding hydrogens is 312 g/mol. The summed E-state index contributed by atoms with van der Waals surface area (Å²) in [6, 6.07) is 6.23. The molecule has 1 heterocycles. The van der Waals surface area contributed by atoms with Crippen molar-refractivity contribution >= 4 is 27.3 Å². The van der Waals surface area contributed by atoms with Crippen molar-refractivity contribution in [2.24, 2.45) is 11.7 Å². The molecule has 1 aromatic carbocycles. The summed E-state index contributed by atoms with van der Waals surface area (Å²) in [6.07, 6.45) is 1.48. The van der Waals surface area contributed by atoms with Gasteiger partial charge in [0.05, 0.1) is 24.5 Å². The lowest BCUT2D eigenvalue weighted by Crippen LogP contribution is -3.13. The summed E-state index contributed by atoms with van der Waals surface area (Å²) < 4.78 is 24.5. The number of carbonyl (C=O) groups excluding carboxylic acids is 1. The minimum Gasteiger partial charge on any atom is -0.369 e. The third kappa shape index (κ3) is 4.43. The maximum Gasteiger partial charge on any atom is 0.220 e. The summed E-state index contributed by atoms with van der Waals surface area (Å²) in [5.41, 5.74) is 5.29. The first-order chi connectivity index (χ1) is 9.88. The molecule has 0 atom stereocenters. The first-order valence-corrected chi connectivity index (χ1v) is 9.03. The molecule has 0 aromatic heterocycles. The number of halogens is 1. The van der Waals surface area contributed by atoms with Gasteiger partial charge in [0.1, 0.15) is 5.75 Å². The Balaban J connectivity index is 1.88. The maximum atomic E-state index is 12.2. The molecule has 5 nitrogen and oxygen atoms in total. The first kappa shape index (κ1) is 16.3. The summed E-state index contributed by atoms with van der Waals surface area (Å²) in [5.74, 6) is -0.199. The number of nitrogens with one attached hydrogen (secondary N) is 1. The van der Waals surface area contributed by atoms with Crippen LogP contribution >= 0.6 is 11.6 Å². The van der Waals surface area contributed by atoms with Gasteiger partial charge < -0.3 is 10.6 Å². The second-order valence-electron chi connectivity index (χ2n) is 5.45. The number of primary amides is 1. The van der Waals surface area contributed by atoms with Crippen molar-refractivity contribution in [1.29, 1.82) is 0 Å². The Morgan fingerprint density at radius 1 is 1.24 bits per heavy atom. The van der Waals surface area contributed by atoms with Crippen LogP contribution in [0.1, 0.15) is 12.8 Å². The van der Waals surface area contributed by atoms with Crippen molar-refractivity contribution in [2.75, 3.05) is 25.4 Å². The van der Waals surface area contributed by atoms with E-state index in [1.807, 2.05) is 0 Å². The fourth-order valence-corrected chi connectivity index (χ4v) is 4.07. The fourth-order valence-electron chi connectivity index (χ4n) is 2.60. The van der Waals surface area contributed by atoms with E-state index in [4.69, 9.17) is 17.3 Å². The van der Waals surface area contributed by atoms with Crippen LogP contribution in [0.5, 0.6) is 0 Å². The Labute approximate surface area is 130 Å². The highest BCUT2D eigenvalue weighted by Crippen LogP contribution is 2.15. The minimum absolute atomic E-state index is 0.0541. The zero-order valence-corrected chi connectivity index (χ0v) is 13.3. The van der Waals surface area contributed by atoms with Crippen molar-refractivity contribution in [2.45, 2.75) is 17.7 Å². The number of amides is 1. The van der Waals surface area contributed by atoms with Gasteiger partial charge in [-0.05, 0) is 24.3 Å². The van der Waals surface area contributed by atoms with Crippen molar-refractivity contribution in [3.8, 4) is 0 Å². The normalized spacial score (nSPS) is 22.9. The topological polar surface area (TPSA) is 81.7 Å². The van der Waals surface area contributed by atoms with Crippen molar-refractivity contribution in [3.63, 3.8) is 0 Å². The number of sulfone groups is 1. The summed E-state index contributed by atoms with van der Waals surface area (Å²) in [5, 5.41) is 0.521. The van der Waals surface area contributed by atoms with Crippen molar-refractivity contribution in [3.05, 3.63) is 29.3 Å². The van der Waals surface area contributed by atoms with Gasteiger partial charge in [-0.1, -0.05) is 11.6 Å². The maximum absolute atomic E-state index is 12.2. The number of nitrogens with two attached hydrogens (primary N) is 1. The van der Waals surface area contributed by atoms with E-state index in [0.29, 0.717) is 16.5 Å². The first-order valence-electron chi connectivity index (χ1n) is 7.00. The highest BCUT2D eigenvalue weighted by atomic mass is 35.5. The molecule has 0 aliphatic carbocycles. The zero-order chi connectivity index (χ0) is 15.5. The molecule has 3 N–H and O–H groups in total. The van der Waals surface area contributed by atoms with Gasteiger partial charge in [-0.3, -0.25) is 4.79 Å².